The molecule has 168 valence electrons. The predicted molar refractivity (Wildman–Crippen MR) is 127 cm³/mol. The molecular weight excluding hydrogens is 402 g/mol. The number of hydrogen-bond acceptors (Lipinski definition) is 5. The van der Waals surface area contributed by atoms with Gasteiger partial charge in [0.25, 0.3) is 5.91 Å². The first kappa shape index (κ1) is 22.1. The van der Waals surface area contributed by atoms with E-state index in [2.05, 4.69) is 24.1 Å². The molecule has 1 fully saturated rings. The van der Waals surface area contributed by atoms with E-state index in [-0.39, 0.29) is 11.9 Å². The number of benzene rings is 2. The fourth-order valence-corrected chi connectivity index (χ4v) is 4.33. The van der Waals surface area contributed by atoms with Gasteiger partial charge >= 0.3 is 0 Å². The number of carbonyl (C=O) groups is 1. The van der Waals surface area contributed by atoms with Crippen LogP contribution in [0.25, 0.3) is 22.2 Å². The highest BCUT2D eigenvalue weighted by molar-refractivity contribution is 6.07. The summed E-state index contributed by atoms with van der Waals surface area (Å²) in [5.41, 5.74) is 3.03. The molecule has 1 aliphatic heterocycles. The molecule has 1 N–H and O–H groups in total. The molecule has 0 bridgehead atoms. The number of pyridine rings is 1. The van der Waals surface area contributed by atoms with Gasteiger partial charge in [-0.25, -0.2) is 4.98 Å². The van der Waals surface area contributed by atoms with Gasteiger partial charge in [-0.15, -0.1) is 0 Å². The molecule has 0 saturated carbocycles. The van der Waals surface area contributed by atoms with Crippen molar-refractivity contribution in [2.24, 2.45) is 0 Å². The maximum atomic E-state index is 13.4. The number of ether oxygens (including phenoxy) is 2. The Morgan fingerprint density at radius 3 is 2.44 bits per heavy atom. The van der Waals surface area contributed by atoms with Crippen LogP contribution in [0.1, 0.15) is 37.0 Å². The van der Waals surface area contributed by atoms with Crippen LogP contribution in [0.15, 0.2) is 48.5 Å². The quantitative estimate of drug-likeness (QED) is 0.619. The van der Waals surface area contributed by atoms with Crippen molar-refractivity contribution >= 4 is 16.8 Å². The van der Waals surface area contributed by atoms with E-state index < -0.39 is 0 Å². The predicted octanol–water partition coefficient (Wildman–Crippen LogP) is 4.52. The van der Waals surface area contributed by atoms with Crippen molar-refractivity contribution < 1.29 is 14.3 Å². The first-order chi connectivity index (χ1) is 15.5. The number of likely N-dealkylation sites (tertiary alicyclic amines) is 1. The monoisotopic (exact) mass is 433 g/mol. The minimum absolute atomic E-state index is 0.0478. The first-order valence-corrected chi connectivity index (χ1v) is 11.2. The SMILES string of the molecule is COc1ccc(-c2cc(C(=O)NC3CCN(C(C)C)CC3)c3ccccc3n2)cc1OC. The number of piperidine rings is 1. The number of rotatable bonds is 6. The maximum absolute atomic E-state index is 13.4. The zero-order valence-electron chi connectivity index (χ0n) is 19.2. The number of amides is 1. The lowest BCUT2D eigenvalue weighted by atomic mass is 10.0. The van der Waals surface area contributed by atoms with Gasteiger partial charge in [-0.3, -0.25) is 4.79 Å². The van der Waals surface area contributed by atoms with Crippen molar-refractivity contribution in [3.05, 3.63) is 54.1 Å². The Kier molecular flexibility index (Phi) is 6.61. The Bertz CT molecular complexity index is 1100. The zero-order chi connectivity index (χ0) is 22.7. The topological polar surface area (TPSA) is 63.7 Å². The Morgan fingerprint density at radius 1 is 1.03 bits per heavy atom. The summed E-state index contributed by atoms with van der Waals surface area (Å²) >= 11 is 0. The minimum atomic E-state index is -0.0478. The summed E-state index contributed by atoms with van der Waals surface area (Å²) in [6.07, 6.45) is 1.94. The third-order valence-corrected chi connectivity index (χ3v) is 6.24. The van der Waals surface area contributed by atoms with Crippen LogP contribution in [0.2, 0.25) is 0 Å². The van der Waals surface area contributed by atoms with Gasteiger partial charge in [0.05, 0.1) is 31.0 Å². The molecule has 6 heteroatoms. The average molecular weight is 434 g/mol. The third-order valence-electron chi connectivity index (χ3n) is 6.24. The standard InChI is InChI=1S/C26H31N3O3/c1-17(2)29-13-11-19(12-14-29)27-26(30)21-16-23(28-22-8-6-5-7-20(21)22)18-9-10-24(31-3)25(15-18)32-4/h5-10,15-17,19H,11-14H2,1-4H3,(H,27,30). The number of methoxy groups -OCH3 is 2. The van der Waals surface area contributed by atoms with Gasteiger partial charge in [0.1, 0.15) is 0 Å². The third kappa shape index (κ3) is 4.55. The summed E-state index contributed by atoms with van der Waals surface area (Å²) in [6.45, 7) is 6.46. The van der Waals surface area contributed by atoms with Crippen LogP contribution in [-0.2, 0) is 0 Å². The van der Waals surface area contributed by atoms with Crippen LogP contribution in [0.4, 0.5) is 0 Å². The van der Waals surface area contributed by atoms with Gasteiger partial charge in [0.15, 0.2) is 11.5 Å². The smallest absolute Gasteiger partial charge is 0.252 e. The Balaban J connectivity index is 1.65. The van der Waals surface area contributed by atoms with E-state index in [1.165, 1.54) is 0 Å². The first-order valence-electron chi connectivity index (χ1n) is 11.2. The van der Waals surface area contributed by atoms with Crippen LogP contribution in [0, 0.1) is 0 Å². The Hall–Kier alpha value is -3.12. The van der Waals surface area contributed by atoms with E-state index >= 15 is 0 Å². The Morgan fingerprint density at radius 2 is 1.75 bits per heavy atom. The van der Waals surface area contributed by atoms with Crippen LogP contribution in [-0.4, -0.2) is 55.2 Å². The van der Waals surface area contributed by atoms with Crippen molar-refractivity contribution in [1.82, 2.24) is 15.2 Å². The van der Waals surface area contributed by atoms with Gasteiger partial charge in [-0.1, -0.05) is 18.2 Å². The highest BCUT2D eigenvalue weighted by atomic mass is 16.5. The summed E-state index contributed by atoms with van der Waals surface area (Å²) in [6, 6.07) is 16.1. The number of fused-ring (bicyclic) bond motifs is 1. The molecule has 2 aromatic carbocycles. The van der Waals surface area contributed by atoms with E-state index in [9.17, 15) is 4.79 Å². The number of nitrogens with one attached hydrogen (secondary N) is 1. The van der Waals surface area contributed by atoms with Crippen molar-refractivity contribution in [2.75, 3.05) is 27.3 Å². The molecule has 1 saturated heterocycles. The molecule has 0 atom stereocenters. The molecule has 1 amide bonds. The molecule has 4 rings (SSSR count). The molecule has 0 spiro atoms. The molecule has 1 aliphatic rings. The minimum Gasteiger partial charge on any atom is -0.493 e. The van der Waals surface area contributed by atoms with Crippen LogP contribution in [0.5, 0.6) is 11.5 Å². The van der Waals surface area contributed by atoms with Crippen LogP contribution in [0.3, 0.4) is 0 Å². The lowest BCUT2D eigenvalue weighted by molar-refractivity contribution is 0.0902. The highest BCUT2D eigenvalue weighted by Crippen LogP contribution is 2.33. The lowest BCUT2D eigenvalue weighted by Crippen LogP contribution is -2.46. The normalized spacial score (nSPS) is 15.2. The number of carbonyl (C=O) groups excluding carboxylic acids is 1. The van der Waals surface area contributed by atoms with E-state index in [0.29, 0.717) is 23.1 Å². The molecule has 3 aromatic rings. The number of aromatic nitrogens is 1. The van der Waals surface area contributed by atoms with E-state index in [4.69, 9.17) is 14.5 Å². The molecule has 0 aliphatic carbocycles. The van der Waals surface area contributed by atoms with Crippen molar-refractivity contribution in [3.63, 3.8) is 0 Å². The summed E-state index contributed by atoms with van der Waals surface area (Å²) < 4.78 is 10.8. The van der Waals surface area contributed by atoms with Crippen molar-refractivity contribution in [1.29, 1.82) is 0 Å². The van der Waals surface area contributed by atoms with Gasteiger partial charge < -0.3 is 19.7 Å². The number of para-hydroxylation sites is 1. The van der Waals surface area contributed by atoms with Crippen molar-refractivity contribution in [2.45, 2.75) is 38.8 Å². The van der Waals surface area contributed by atoms with Gasteiger partial charge in [0.2, 0.25) is 0 Å². The maximum Gasteiger partial charge on any atom is 0.252 e. The fourth-order valence-electron chi connectivity index (χ4n) is 4.33. The van der Waals surface area contributed by atoms with Gasteiger partial charge in [0, 0.05) is 36.1 Å². The van der Waals surface area contributed by atoms with E-state index in [0.717, 1.165) is 48.1 Å². The highest BCUT2D eigenvalue weighted by Gasteiger charge is 2.23. The number of hydrogen-bond donors (Lipinski definition) is 1. The van der Waals surface area contributed by atoms with Crippen molar-refractivity contribution in [3.8, 4) is 22.8 Å². The second kappa shape index (κ2) is 9.57. The molecule has 2 heterocycles. The summed E-state index contributed by atoms with van der Waals surface area (Å²) in [5, 5.41) is 4.12. The average Bonchev–Trinajstić information content (AvgIpc) is 2.83. The zero-order valence-corrected chi connectivity index (χ0v) is 19.2. The molecule has 32 heavy (non-hydrogen) atoms. The number of nitrogens with zero attached hydrogens (tertiary/aromatic N) is 2. The van der Waals surface area contributed by atoms with Crippen LogP contribution < -0.4 is 14.8 Å². The molecule has 6 nitrogen and oxygen atoms in total. The van der Waals surface area contributed by atoms with Gasteiger partial charge in [-0.05, 0) is 57.0 Å². The van der Waals surface area contributed by atoms with E-state index in [1.54, 1.807) is 14.2 Å². The molecule has 0 radical (unpaired) electrons. The van der Waals surface area contributed by atoms with E-state index in [1.807, 2.05) is 48.5 Å². The Labute approximate surface area is 189 Å². The molecule has 1 aromatic heterocycles. The second-order valence-corrected chi connectivity index (χ2v) is 8.52. The fraction of sp³-hybridized carbons (Fsp3) is 0.385. The molecular formula is C26H31N3O3. The largest absolute Gasteiger partial charge is 0.493 e. The van der Waals surface area contributed by atoms with Crippen LogP contribution >= 0.6 is 0 Å². The molecule has 0 unspecified atom stereocenters. The summed E-state index contributed by atoms with van der Waals surface area (Å²) in [4.78, 5) is 20.6. The van der Waals surface area contributed by atoms with Gasteiger partial charge in [-0.2, -0.15) is 0 Å². The summed E-state index contributed by atoms with van der Waals surface area (Å²) in [5.74, 6) is 1.24. The second-order valence-electron chi connectivity index (χ2n) is 8.52. The lowest BCUT2D eigenvalue weighted by Gasteiger charge is -2.34. The summed E-state index contributed by atoms with van der Waals surface area (Å²) in [7, 11) is 3.22.